The summed E-state index contributed by atoms with van der Waals surface area (Å²) >= 11 is 6.02. The number of carbonyl (C=O) groups excluding carboxylic acids is 2. The van der Waals surface area contributed by atoms with Gasteiger partial charge in [-0.15, -0.1) is 17.0 Å². The number of hydrogen-bond acceptors (Lipinski definition) is 3. The normalized spacial score (nSPS) is 9.81. The van der Waals surface area contributed by atoms with E-state index in [1.165, 1.54) is 4.68 Å². The second-order valence-electron chi connectivity index (χ2n) is 4.14. The van der Waals surface area contributed by atoms with E-state index >= 15 is 0 Å². The predicted octanol–water partition coefficient (Wildman–Crippen LogP) is 2.24. The summed E-state index contributed by atoms with van der Waals surface area (Å²) in [6.45, 7) is 0.165. The van der Waals surface area contributed by atoms with Crippen LogP contribution in [0.5, 0.6) is 0 Å². The molecule has 0 fully saturated rings. The summed E-state index contributed by atoms with van der Waals surface area (Å²) in [6.07, 6.45) is 1.61. The van der Waals surface area contributed by atoms with Crippen molar-refractivity contribution >= 4 is 40.3 Å². The Bertz CT molecular complexity index is 643. The summed E-state index contributed by atoms with van der Waals surface area (Å²) in [5.74, 6) is -0.484. The van der Waals surface area contributed by atoms with Crippen LogP contribution in [-0.4, -0.2) is 30.0 Å². The van der Waals surface area contributed by atoms with Gasteiger partial charge in [0, 0.05) is 11.8 Å². The highest BCUT2D eigenvalue weighted by molar-refractivity contribution is 8.93. The van der Waals surface area contributed by atoms with E-state index in [4.69, 9.17) is 11.6 Å². The minimum absolute atomic E-state index is 0. The zero-order valence-electron chi connectivity index (χ0n) is 11.3. The van der Waals surface area contributed by atoms with Gasteiger partial charge in [0.2, 0.25) is 5.78 Å². The average molecular weight is 373 g/mol. The minimum atomic E-state index is -0.245. The molecule has 0 saturated carbocycles. The van der Waals surface area contributed by atoms with Crippen LogP contribution in [0.3, 0.4) is 0 Å². The molecule has 0 spiro atoms. The molecule has 0 atom stereocenters. The van der Waals surface area contributed by atoms with Crippen LogP contribution in [0, 0.1) is 0 Å². The van der Waals surface area contributed by atoms with Crippen LogP contribution >= 0.6 is 28.6 Å². The van der Waals surface area contributed by atoms with Crippen molar-refractivity contribution in [1.29, 1.82) is 0 Å². The maximum Gasteiger partial charge on any atom is 0.252 e. The Hall–Kier alpha value is -1.63. The fraction of sp³-hybridized carbons (Fsp3) is 0.143. The number of carbonyl (C=O) groups is 2. The average Bonchev–Trinajstić information content (AvgIpc) is 2.87. The molecular weight excluding hydrogens is 358 g/mol. The van der Waals surface area contributed by atoms with Crippen molar-refractivity contribution in [1.82, 2.24) is 9.99 Å². The molecule has 5 nitrogen and oxygen atoms in total. The molecule has 0 bridgehead atoms. The summed E-state index contributed by atoms with van der Waals surface area (Å²) in [4.78, 5) is 24.0. The molecule has 0 aliphatic rings. The van der Waals surface area contributed by atoms with Gasteiger partial charge < -0.3 is 5.32 Å². The second-order valence-corrected chi connectivity index (χ2v) is 4.54. The Kier molecular flexibility index (Phi) is 6.61. The summed E-state index contributed by atoms with van der Waals surface area (Å²) < 4.78 is 1.39. The first-order chi connectivity index (χ1) is 9.63. The molecule has 0 radical (unpaired) electrons. The molecule has 0 aliphatic carbocycles. The standard InChI is InChI=1S/C14H14ClN3O2.BrH/c1-16-9-13(19)17-18-8-4-7-12(18)14(20)10-5-2-3-6-11(10)15;/h2-8,16H,9H2,1H3,(H,17,19);1H. The maximum atomic E-state index is 12.4. The van der Waals surface area contributed by atoms with Crippen LogP contribution in [0.15, 0.2) is 42.6 Å². The van der Waals surface area contributed by atoms with Crippen LogP contribution in [-0.2, 0) is 4.79 Å². The number of nitrogens with zero attached hydrogens (tertiary/aromatic N) is 1. The zero-order chi connectivity index (χ0) is 14.5. The van der Waals surface area contributed by atoms with Crippen molar-refractivity contribution in [2.75, 3.05) is 19.0 Å². The molecule has 0 saturated heterocycles. The summed E-state index contributed by atoms with van der Waals surface area (Å²) in [7, 11) is 1.67. The molecule has 21 heavy (non-hydrogen) atoms. The first kappa shape index (κ1) is 17.4. The van der Waals surface area contributed by atoms with Gasteiger partial charge in [-0.2, -0.15) is 0 Å². The lowest BCUT2D eigenvalue weighted by Crippen LogP contribution is -2.32. The number of halogens is 2. The highest BCUT2D eigenvalue weighted by atomic mass is 79.9. The van der Waals surface area contributed by atoms with Gasteiger partial charge in [0.05, 0.1) is 11.6 Å². The summed E-state index contributed by atoms with van der Waals surface area (Å²) in [5, 5.41) is 3.12. The molecule has 0 unspecified atom stereocenters. The lowest BCUT2D eigenvalue weighted by Gasteiger charge is -2.10. The Morgan fingerprint density at radius 2 is 1.90 bits per heavy atom. The number of rotatable bonds is 5. The van der Waals surface area contributed by atoms with Crippen molar-refractivity contribution in [3.63, 3.8) is 0 Å². The topological polar surface area (TPSA) is 63.1 Å². The molecule has 1 amide bonds. The molecule has 1 aromatic heterocycles. The maximum absolute atomic E-state index is 12.4. The first-order valence-electron chi connectivity index (χ1n) is 6.04. The number of nitrogens with one attached hydrogen (secondary N) is 2. The van der Waals surface area contributed by atoms with Gasteiger partial charge in [-0.3, -0.25) is 19.7 Å². The molecular formula is C14H15BrClN3O2. The minimum Gasteiger partial charge on any atom is -0.311 e. The fourth-order valence-electron chi connectivity index (χ4n) is 1.78. The van der Waals surface area contributed by atoms with Crippen LogP contribution in [0.1, 0.15) is 16.1 Å². The Morgan fingerprint density at radius 1 is 1.19 bits per heavy atom. The Morgan fingerprint density at radius 3 is 2.57 bits per heavy atom. The van der Waals surface area contributed by atoms with Gasteiger partial charge in [-0.25, -0.2) is 0 Å². The SMILES string of the molecule is Br.CNCC(=O)Nn1cccc1C(=O)c1ccccc1Cl. The molecule has 1 aromatic carbocycles. The largest absolute Gasteiger partial charge is 0.311 e. The van der Waals surface area contributed by atoms with Gasteiger partial charge >= 0.3 is 0 Å². The summed E-state index contributed by atoms with van der Waals surface area (Å²) in [6, 6.07) is 10.1. The third kappa shape index (κ3) is 4.17. The molecule has 7 heteroatoms. The van der Waals surface area contributed by atoms with E-state index < -0.39 is 0 Å². The Labute approximate surface area is 138 Å². The molecule has 0 aliphatic heterocycles. The number of likely N-dealkylation sites (N-methyl/N-ethyl adjacent to an activating group) is 1. The van der Waals surface area contributed by atoms with E-state index in [9.17, 15) is 9.59 Å². The van der Waals surface area contributed by atoms with Crippen molar-refractivity contribution < 1.29 is 9.59 Å². The fourth-order valence-corrected chi connectivity index (χ4v) is 2.00. The van der Waals surface area contributed by atoms with Crippen molar-refractivity contribution in [2.24, 2.45) is 0 Å². The molecule has 1 heterocycles. The van der Waals surface area contributed by atoms with Crippen molar-refractivity contribution in [3.8, 4) is 0 Å². The van der Waals surface area contributed by atoms with Gasteiger partial charge in [0.15, 0.2) is 0 Å². The van der Waals surface area contributed by atoms with E-state index in [-0.39, 0.29) is 35.2 Å². The quantitative estimate of drug-likeness (QED) is 0.791. The van der Waals surface area contributed by atoms with E-state index in [0.717, 1.165) is 0 Å². The number of hydrogen-bond donors (Lipinski definition) is 2. The monoisotopic (exact) mass is 371 g/mol. The van der Waals surface area contributed by atoms with Crippen LogP contribution in [0.25, 0.3) is 0 Å². The number of benzene rings is 1. The second kappa shape index (κ2) is 7.97. The number of ketones is 1. The lowest BCUT2D eigenvalue weighted by atomic mass is 10.1. The van der Waals surface area contributed by atoms with Gasteiger partial charge in [-0.1, -0.05) is 23.7 Å². The molecule has 112 valence electrons. The number of aromatic nitrogens is 1. The van der Waals surface area contributed by atoms with E-state index in [0.29, 0.717) is 16.3 Å². The van der Waals surface area contributed by atoms with E-state index in [2.05, 4.69) is 10.7 Å². The first-order valence-corrected chi connectivity index (χ1v) is 6.42. The smallest absolute Gasteiger partial charge is 0.252 e. The third-order valence-corrected chi connectivity index (χ3v) is 3.01. The molecule has 2 aromatic rings. The zero-order valence-corrected chi connectivity index (χ0v) is 13.8. The van der Waals surface area contributed by atoms with Crippen molar-refractivity contribution in [2.45, 2.75) is 0 Å². The van der Waals surface area contributed by atoms with Gasteiger partial charge in [-0.05, 0) is 31.3 Å². The third-order valence-electron chi connectivity index (χ3n) is 2.68. The lowest BCUT2D eigenvalue weighted by molar-refractivity contribution is -0.116. The van der Waals surface area contributed by atoms with E-state index in [1.807, 2.05) is 0 Å². The molecule has 2 N–H and O–H groups in total. The van der Waals surface area contributed by atoms with Crippen LogP contribution < -0.4 is 10.7 Å². The van der Waals surface area contributed by atoms with E-state index in [1.54, 1.807) is 49.6 Å². The number of amides is 1. The Balaban J connectivity index is 0.00000220. The molecule has 2 rings (SSSR count). The summed E-state index contributed by atoms with van der Waals surface area (Å²) in [5.41, 5.74) is 3.36. The highest BCUT2D eigenvalue weighted by Gasteiger charge is 2.16. The van der Waals surface area contributed by atoms with Gasteiger partial charge in [0.25, 0.3) is 5.91 Å². The van der Waals surface area contributed by atoms with Crippen LogP contribution in [0.4, 0.5) is 0 Å². The van der Waals surface area contributed by atoms with Crippen LogP contribution in [0.2, 0.25) is 5.02 Å². The highest BCUT2D eigenvalue weighted by Crippen LogP contribution is 2.19. The van der Waals surface area contributed by atoms with Gasteiger partial charge in [0.1, 0.15) is 5.69 Å². The van der Waals surface area contributed by atoms with Crippen molar-refractivity contribution in [3.05, 3.63) is 58.9 Å². The predicted molar refractivity (Wildman–Crippen MR) is 87.9 cm³/mol.